The van der Waals surface area contributed by atoms with Crippen molar-refractivity contribution < 1.29 is 0 Å². The summed E-state index contributed by atoms with van der Waals surface area (Å²) < 4.78 is 5.51. The number of para-hydroxylation sites is 1. The van der Waals surface area contributed by atoms with Gasteiger partial charge in [-0.1, -0.05) is 12.1 Å². The molecule has 0 N–H and O–H groups in total. The van der Waals surface area contributed by atoms with Gasteiger partial charge < -0.3 is 9.13 Å². The molecule has 4 nitrogen and oxygen atoms in total. The Morgan fingerprint density at radius 1 is 0.679 bits per heavy atom. The largest absolute Gasteiger partial charge is 0.343 e. The molecule has 2 aromatic heterocycles. The summed E-state index contributed by atoms with van der Waals surface area (Å²) in [6, 6.07) is 15.1. The molecule has 0 aliphatic rings. The van der Waals surface area contributed by atoms with Crippen LogP contribution in [0.1, 0.15) is 0 Å². The number of aromatic nitrogens is 2. The minimum atomic E-state index is -0.0567. The summed E-state index contributed by atoms with van der Waals surface area (Å²) >= 11 is 7.03. The first-order valence-corrected chi connectivity index (χ1v) is 10.3. The van der Waals surface area contributed by atoms with Crippen molar-refractivity contribution in [3.05, 3.63) is 77.9 Å². The summed E-state index contributed by atoms with van der Waals surface area (Å²) in [6.07, 6.45) is 0. The number of pyridine rings is 2. The van der Waals surface area contributed by atoms with Gasteiger partial charge in [-0.15, -0.1) is 0 Å². The van der Waals surface area contributed by atoms with Gasteiger partial charge in [0.25, 0.3) is 0 Å². The van der Waals surface area contributed by atoms with Crippen LogP contribution in [0.25, 0.3) is 43.6 Å². The third-order valence-corrected chi connectivity index (χ3v) is 7.51. The molecule has 0 unspecified atom stereocenters. The van der Waals surface area contributed by atoms with Crippen LogP contribution in [0.4, 0.5) is 0 Å². The Bertz CT molecular complexity index is 1600. The van der Waals surface area contributed by atoms with Crippen LogP contribution in [-0.2, 0) is 14.1 Å². The highest BCUT2D eigenvalue weighted by atomic mass is 79.9. The molecule has 0 saturated carbocycles. The summed E-state index contributed by atoms with van der Waals surface area (Å²) in [5.41, 5.74) is 3.07. The molecule has 0 aliphatic carbocycles. The van der Waals surface area contributed by atoms with Gasteiger partial charge in [-0.3, -0.25) is 9.59 Å². The number of rotatable bonds is 0. The summed E-state index contributed by atoms with van der Waals surface area (Å²) in [5.74, 6) is 0. The van der Waals surface area contributed by atoms with Gasteiger partial charge >= 0.3 is 0 Å². The minimum Gasteiger partial charge on any atom is -0.343 e. The Balaban J connectivity index is 2.11. The van der Waals surface area contributed by atoms with Crippen molar-refractivity contribution >= 4 is 75.5 Å². The third kappa shape index (κ3) is 2.22. The van der Waals surface area contributed by atoms with Crippen molar-refractivity contribution in [1.82, 2.24) is 9.13 Å². The normalized spacial score (nSPS) is 11.9. The zero-order chi connectivity index (χ0) is 19.7. The fourth-order valence-electron chi connectivity index (χ4n) is 4.03. The second-order valence-corrected chi connectivity index (χ2v) is 8.58. The zero-order valence-electron chi connectivity index (χ0n) is 15.1. The van der Waals surface area contributed by atoms with E-state index in [1.165, 1.54) is 0 Å². The number of fused-ring (bicyclic) bond motifs is 4. The number of aryl methyl sites for hydroxylation is 2. The van der Waals surface area contributed by atoms with E-state index in [9.17, 15) is 9.59 Å². The van der Waals surface area contributed by atoms with E-state index in [1.807, 2.05) is 71.8 Å². The topological polar surface area (TPSA) is 44.0 Å². The van der Waals surface area contributed by atoms with Gasteiger partial charge in [0.15, 0.2) is 10.9 Å². The third-order valence-electron chi connectivity index (χ3n) is 5.50. The quantitative estimate of drug-likeness (QED) is 0.275. The summed E-state index contributed by atoms with van der Waals surface area (Å²) in [7, 11) is 3.84. The molecule has 0 aliphatic heterocycles. The first-order chi connectivity index (χ1) is 13.4. The number of halogens is 2. The number of benzene rings is 3. The van der Waals surface area contributed by atoms with Gasteiger partial charge in [-0.2, -0.15) is 0 Å². The fraction of sp³-hybridized carbons (Fsp3) is 0.0909. The maximum atomic E-state index is 13.4. The summed E-state index contributed by atoms with van der Waals surface area (Å²) in [5, 5.41) is 2.50. The van der Waals surface area contributed by atoms with Crippen LogP contribution >= 0.6 is 31.9 Å². The van der Waals surface area contributed by atoms with E-state index in [1.54, 1.807) is 0 Å². The molecule has 2 heterocycles. The molecule has 6 heteroatoms. The van der Waals surface area contributed by atoms with E-state index in [2.05, 4.69) is 31.9 Å². The van der Waals surface area contributed by atoms with Gasteiger partial charge in [0.2, 0.25) is 0 Å². The number of nitrogens with zero attached hydrogens (tertiary/aromatic N) is 2. The van der Waals surface area contributed by atoms with Gasteiger partial charge in [0.05, 0.1) is 27.5 Å². The van der Waals surface area contributed by atoms with Crippen LogP contribution in [0.5, 0.6) is 0 Å². The van der Waals surface area contributed by atoms with Gasteiger partial charge in [0, 0.05) is 39.2 Å². The summed E-state index contributed by atoms with van der Waals surface area (Å²) in [6.45, 7) is 0. The van der Waals surface area contributed by atoms with Crippen LogP contribution < -0.4 is 10.9 Å². The Kier molecular flexibility index (Phi) is 3.80. The highest BCUT2D eigenvalue weighted by Crippen LogP contribution is 2.32. The predicted octanol–water partition coefficient (Wildman–Crippen LogP) is 5.22. The molecule has 138 valence electrons. The monoisotopic (exact) mass is 496 g/mol. The van der Waals surface area contributed by atoms with Crippen molar-refractivity contribution in [3.63, 3.8) is 0 Å². The van der Waals surface area contributed by atoms with E-state index in [-0.39, 0.29) is 10.9 Å². The highest BCUT2D eigenvalue weighted by molar-refractivity contribution is 9.13. The average Bonchev–Trinajstić information content (AvgIpc) is 2.71. The van der Waals surface area contributed by atoms with Crippen LogP contribution in [0.2, 0.25) is 0 Å². The van der Waals surface area contributed by atoms with Crippen molar-refractivity contribution in [2.75, 3.05) is 0 Å². The zero-order valence-corrected chi connectivity index (χ0v) is 18.3. The molecule has 5 aromatic rings. The molecule has 5 rings (SSSR count). The minimum absolute atomic E-state index is 0.0184. The molecule has 0 spiro atoms. The highest BCUT2D eigenvalue weighted by Gasteiger charge is 2.16. The standard InChI is InChI=1S/C22H14Br2N2O2/c1-25-15-6-4-3-5-11(15)21(27)12-9-18-13(10-17(12)25)22(28)19-16(26(18)2)8-7-14(23)20(19)24/h3-10H,1-2H3. The molecule has 0 amide bonds. The van der Waals surface area contributed by atoms with E-state index in [0.29, 0.717) is 21.5 Å². The number of hydrogen-bond acceptors (Lipinski definition) is 2. The Labute approximate surface area is 176 Å². The second-order valence-electron chi connectivity index (χ2n) is 6.94. The van der Waals surface area contributed by atoms with Gasteiger partial charge in [-0.05, 0) is 68.3 Å². The van der Waals surface area contributed by atoms with Crippen molar-refractivity contribution in [3.8, 4) is 0 Å². The van der Waals surface area contributed by atoms with Crippen molar-refractivity contribution in [2.45, 2.75) is 0 Å². The average molecular weight is 498 g/mol. The maximum absolute atomic E-state index is 13.4. The molecular weight excluding hydrogens is 484 g/mol. The second kappa shape index (κ2) is 6.03. The van der Waals surface area contributed by atoms with Crippen LogP contribution in [0.15, 0.2) is 67.1 Å². The van der Waals surface area contributed by atoms with Crippen molar-refractivity contribution in [1.29, 1.82) is 0 Å². The van der Waals surface area contributed by atoms with E-state index in [4.69, 9.17) is 0 Å². The molecule has 0 radical (unpaired) electrons. The Morgan fingerprint density at radius 3 is 2.00 bits per heavy atom. The lowest BCUT2D eigenvalue weighted by Crippen LogP contribution is -2.13. The van der Waals surface area contributed by atoms with E-state index in [0.717, 1.165) is 31.0 Å². The lowest BCUT2D eigenvalue weighted by molar-refractivity contribution is 0.993. The maximum Gasteiger partial charge on any atom is 0.198 e. The molecule has 0 fully saturated rings. The molecule has 28 heavy (non-hydrogen) atoms. The molecule has 0 saturated heterocycles. The van der Waals surface area contributed by atoms with Gasteiger partial charge in [0.1, 0.15) is 0 Å². The first kappa shape index (κ1) is 17.6. The van der Waals surface area contributed by atoms with Gasteiger partial charge in [-0.25, -0.2) is 0 Å². The number of hydrogen-bond donors (Lipinski definition) is 0. The predicted molar refractivity (Wildman–Crippen MR) is 122 cm³/mol. The lowest BCUT2D eigenvalue weighted by atomic mass is 10.0. The van der Waals surface area contributed by atoms with Crippen LogP contribution in [0.3, 0.4) is 0 Å². The SMILES string of the molecule is Cn1c2ccccc2c(=O)c2cc3c(cc21)c(=O)c1c(Br)c(Br)ccc1n3C. The van der Waals surface area contributed by atoms with E-state index >= 15 is 0 Å². The van der Waals surface area contributed by atoms with Crippen LogP contribution in [-0.4, -0.2) is 9.13 Å². The van der Waals surface area contributed by atoms with Crippen molar-refractivity contribution in [2.24, 2.45) is 14.1 Å². The lowest BCUT2D eigenvalue weighted by Gasteiger charge is -2.15. The Morgan fingerprint density at radius 2 is 1.29 bits per heavy atom. The molecule has 0 atom stereocenters. The van der Waals surface area contributed by atoms with E-state index < -0.39 is 0 Å². The smallest absolute Gasteiger partial charge is 0.198 e. The molecule has 3 aromatic carbocycles. The van der Waals surface area contributed by atoms with Crippen LogP contribution in [0, 0.1) is 0 Å². The summed E-state index contributed by atoms with van der Waals surface area (Å²) in [4.78, 5) is 26.5. The first-order valence-electron chi connectivity index (χ1n) is 8.72. The molecular formula is C22H14Br2N2O2. The Hall–Kier alpha value is -2.44. The molecule has 0 bridgehead atoms. The fourth-order valence-corrected chi connectivity index (χ4v) is 4.87.